The number of hydrogen-bond acceptors (Lipinski definition) is 5. The number of piperidine rings is 1. The number of hydrogen-bond donors (Lipinski definition) is 1. The summed E-state index contributed by atoms with van der Waals surface area (Å²) in [7, 11) is 2.16. The van der Waals surface area contributed by atoms with E-state index in [9.17, 15) is 9.90 Å². The van der Waals surface area contributed by atoms with Crippen molar-refractivity contribution in [2.75, 3.05) is 20.1 Å². The molecule has 1 N–H and O–H groups in total. The van der Waals surface area contributed by atoms with Gasteiger partial charge in [0.2, 0.25) is 0 Å². The number of phenolic OH excluding ortho intramolecular Hbond substituents is 1. The van der Waals surface area contributed by atoms with Crippen LogP contribution in [-0.4, -0.2) is 41.6 Å². The van der Waals surface area contributed by atoms with E-state index in [0.29, 0.717) is 17.4 Å². The van der Waals surface area contributed by atoms with Gasteiger partial charge in [-0.2, -0.15) is 0 Å². The molecule has 1 aliphatic heterocycles. The maximum Gasteiger partial charge on any atom is 0.177 e. The summed E-state index contributed by atoms with van der Waals surface area (Å²) in [6, 6.07) is 3.03. The van der Waals surface area contributed by atoms with E-state index in [4.69, 9.17) is 4.52 Å². The van der Waals surface area contributed by atoms with Gasteiger partial charge in [0, 0.05) is 5.39 Å². The third kappa shape index (κ3) is 2.93. The van der Waals surface area contributed by atoms with Crippen molar-refractivity contribution in [1.29, 1.82) is 0 Å². The van der Waals surface area contributed by atoms with Crippen LogP contribution in [0.1, 0.15) is 35.3 Å². The van der Waals surface area contributed by atoms with E-state index in [-0.39, 0.29) is 5.75 Å². The standard InChI is InChI=1S/C16H20N2O3/c1-18-6-4-11(5-7-18)2-3-15-14-9-13(20)8-12(10-19)16(14)21-17-15/h8-11,20H,2-7H2,1H3. The first-order chi connectivity index (χ1) is 10.2. The number of nitrogens with zero attached hydrogens (tertiary/aromatic N) is 2. The number of aldehydes is 1. The average Bonchev–Trinajstić information content (AvgIpc) is 2.89. The molecule has 5 nitrogen and oxygen atoms in total. The molecule has 1 aliphatic rings. The van der Waals surface area contributed by atoms with Gasteiger partial charge in [-0.05, 0) is 63.9 Å². The molecule has 0 amide bonds. The van der Waals surface area contributed by atoms with Crippen LogP contribution in [0.5, 0.6) is 5.75 Å². The fourth-order valence-corrected chi connectivity index (χ4v) is 3.06. The number of likely N-dealkylation sites (tertiary alicyclic amines) is 1. The largest absolute Gasteiger partial charge is 0.508 e. The summed E-state index contributed by atoms with van der Waals surface area (Å²) in [6.45, 7) is 2.31. The Bertz CT molecular complexity index is 642. The highest BCUT2D eigenvalue weighted by atomic mass is 16.5. The molecule has 0 saturated carbocycles. The molecule has 0 spiro atoms. The van der Waals surface area contributed by atoms with Crippen LogP contribution in [0.2, 0.25) is 0 Å². The molecule has 0 radical (unpaired) electrons. The fourth-order valence-electron chi connectivity index (χ4n) is 3.06. The van der Waals surface area contributed by atoms with Gasteiger partial charge in [-0.1, -0.05) is 5.16 Å². The van der Waals surface area contributed by atoms with Crippen molar-refractivity contribution >= 4 is 17.3 Å². The van der Waals surface area contributed by atoms with Crippen molar-refractivity contribution in [3.63, 3.8) is 0 Å². The van der Waals surface area contributed by atoms with Crippen molar-refractivity contribution in [3.8, 4) is 5.75 Å². The molecule has 1 fully saturated rings. The predicted octanol–water partition coefficient (Wildman–Crippen LogP) is 2.62. The highest BCUT2D eigenvalue weighted by Gasteiger charge is 2.19. The molecule has 112 valence electrons. The van der Waals surface area contributed by atoms with Gasteiger partial charge in [0.05, 0.1) is 11.3 Å². The molecule has 2 aromatic rings. The minimum Gasteiger partial charge on any atom is -0.508 e. The van der Waals surface area contributed by atoms with Crippen LogP contribution in [0.15, 0.2) is 16.7 Å². The molecule has 2 heterocycles. The van der Waals surface area contributed by atoms with Crippen LogP contribution < -0.4 is 0 Å². The van der Waals surface area contributed by atoms with Crippen LogP contribution in [0.3, 0.4) is 0 Å². The molecule has 21 heavy (non-hydrogen) atoms. The first kappa shape index (κ1) is 14.1. The lowest BCUT2D eigenvalue weighted by Gasteiger charge is -2.28. The molecule has 0 unspecified atom stereocenters. The molecule has 0 atom stereocenters. The number of aromatic nitrogens is 1. The van der Waals surface area contributed by atoms with Crippen molar-refractivity contribution < 1.29 is 14.4 Å². The van der Waals surface area contributed by atoms with E-state index in [1.54, 1.807) is 6.07 Å². The van der Waals surface area contributed by atoms with E-state index in [2.05, 4.69) is 17.1 Å². The van der Waals surface area contributed by atoms with Gasteiger partial charge in [-0.3, -0.25) is 4.79 Å². The number of aromatic hydroxyl groups is 1. The smallest absolute Gasteiger partial charge is 0.177 e. The van der Waals surface area contributed by atoms with E-state index in [1.807, 2.05) is 0 Å². The molecule has 5 heteroatoms. The first-order valence-corrected chi connectivity index (χ1v) is 7.42. The monoisotopic (exact) mass is 288 g/mol. The number of fused-ring (bicyclic) bond motifs is 1. The second kappa shape index (κ2) is 5.85. The van der Waals surface area contributed by atoms with E-state index in [0.717, 1.165) is 42.9 Å². The second-order valence-electron chi connectivity index (χ2n) is 5.94. The molecule has 3 rings (SSSR count). The fraction of sp³-hybridized carbons (Fsp3) is 0.500. The summed E-state index contributed by atoms with van der Waals surface area (Å²) >= 11 is 0. The molecular formula is C16H20N2O3. The summed E-state index contributed by atoms with van der Waals surface area (Å²) in [6.07, 6.45) is 5.02. The second-order valence-corrected chi connectivity index (χ2v) is 5.94. The minimum atomic E-state index is 0.0772. The van der Waals surface area contributed by atoms with Crippen LogP contribution in [0, 0.1) is 5.92 Å². The minimum absolute atomic E-state index is 0.0772. The van der Waals surface area contributed by atoms with Crippen molar-refractivity contribution in [3.05, 3.63) is 23.4 Å². The number of rotatable bonds is 4. The SMILES string of the molecule is CN1CCC(CCc2noc3c(C=O)cc(O)cc23)CC1. The van der Waals surface area contributed by atoms with Crippen LogP contribution in [-0.2, 0) is 6.42 Å². The maximum atomic E-state index is 11.0. The third-order valence-corrected chi connectivity index (χ3v) is 4.41. The number of carbonyl (C=O) groups excluding carboxylic acids is 1. The zero-order chi connectivity index (χ0) is 14.8. The molecular weight excluding hydrogens is 268 g/mol. The molecule has 0 aliphatic carbocycles. The van der Waals surface area contributed by atoms with Gasteiger partial charge in [0.15, 0.2) is 11.9 Å². The van der Waals surface area contributed by atoms with Crippen molar-refractivity contribution in [2.24, 2.45) is 5.92 Å². The van der Waals surface area contributed by atoms with Crippen molar-refractivity contribution in [1.82, 2.24) is 10.1 Å². The topological polar surface area (TPSA) is 66.6 Å². The first-order valence-electron chi connectivity index (χ1n) is 7.42. The highest BCUT2D eigenvalue weighted by molar-refractivity contribution is 5.96. The van der Waals surface area contributed by atoms with Gasteiger partial charge in [0.25, 0.3) is 0 Å². The average molecular weight is 288 g/mol. The Kier molecular flexibility index (Phi) is 3.92. The highest BCUT2D eigenvalue weighted by Crippen LogP contribution is 2.29. The van der Waals surface area contributed by atoms with Crippen molar-refractivity contribution in [2.45, 2.75) is 25.7 Å². The zero-order valence-electron chi connectivity index (χ0n) is 12.2. The Morgan fingerprint density at radius 2 is 2.19 bits per heavy atom. The summed E-state index contributed by atoms with van der Waals surface area (Å²) < 4.78 is 5.28. The van der Waals surface area contributed by atoms with E-state index < -0.39 is 0 Å². The Morgan fingerprint density at radius 3 is 2.90 bits per heavy atom. The Labute approximate surface area is 123 Å². The van der Waals surface area contributed by atoms with Crippen LogP contribution in [0.25, 0.3) is 11.0 Å². The molecule has 1 aromatic carbocycles. The third-order valence-electron chi connectivity index (χ3n) is 4.41. The van der Waals surface area contributed by atoms with Gasteiger partial charge in [0.1, 0.15) is 5.75 Å². The summed E-state index contributed by atoms with van der Waals surface area (Å²) in [5.41, 5.74) is 1.66. The Balaban J connectivity index is 1.75. The molecule has 1 saturated heterocycles. The summed E-state index contributed by atoms with van der Waals surface area (Å²) in [4.78, 5) is 13.4. The van der Waals surface area contributed by atoms with Gasteiger partial charge in [-0.25, -0.2) is 0 Å². The number of benzene rings is 1. The van der Waals surface area contributed by atoms with Crippen LogP contribution >= 0.6 is 0 Å². The van der Waals surface area contributed by atoms with Crippen LogP contribution in [0.4, 0.5) is 0 Å². The predicted molar refractivity (Wildman–Crippen MR) is 79.6 cm³/mol. The van der Waals surface area contributed by atoms with E-state index >= 15 is 0 Å². The summed E-state index contributed by atoms with van der Waals surface area (Å²) in [5, 5.41) is 14.5. The lowest BCUT2D eigenvalue weighted by molar-refractivity contribution is 0.112. The number of carbonyl (C=O) groups is 1. The quantitative estimate of drug-likeness (QED) is 0.876. The van der Waals surface area contributed by atoms with Gasteiger partial charge >= 0.3 is 0 Å². The van der Waals surface area contributed by atoms with E-state index in [1.165, 1.54) is 18.9 Å². The maximum absolute atomic E-state index is 11.0. The Hall–Kier alpha value is -1.88. The van der Waals surface area contributed by atoms with Gasteiger partial charge < -0.3 is 14.5 Å². The van der Waals surface area contributed by atoms with Gasteiger partial charge in [-0.15, -0.1) is 0 Å². The normalized spacial score (nSPS) is 17.4. The number of phenols is 1. The zero-order valence-corrected chi connectivity index (χ0v) is 12.2. The summed E-state index contributed by atoms with van der Waals surface area (Å²) in [5.74, 6) is 0.796. The molecule has 1 aromatic heterocycles. The number of aryl methyl sites for hydroxylation is 1. The lowest BCUT2D eigenvalue weighted by atomic mass is 9.91. The molecule has 0 bridgehead atoms. The Morgan fingerprint density at radius 1 is 1.43 bits per heavy atom. The lowest BCUT2D eigenvalue weighted by Crippen LogP contribution is -2.30.